The van der Waals surface area contributed by atoms with Crippen LogP contribution in [0.25, 0.3) is 0 Å². The third kappa shape index (κ3) is 12.8. The first kappa shape index (κ1) is 20.7. The first-order chi connectivity index (χ1) is 9.26. The van der Waals surface area contributed by atoms with E-state index in [2.05, 4.69) is 22.6 Å². The second-order valence-electron chi connectivity index (χ2n) is 3.81. The molecule has 0 saturated heterocycles. The van der Waals surface area contributed by atoms with Gasteiger partial charge in [-0.15, -0.1) is 0 Å². The van der Waals surface area contributed by atoms with Crippen molar-refractivity contribution in [3.8, 4) is 0 Å². The number of esters is 2. The molecule has 0 amide bonds. The molecule has 0 radical (unpaired) electrons. The Bertz CT molecular complexity index is 335. The van der Waals surface area contributed by atoms with Crippen LogP contribution in [0.2, 0.25) is 0 Å². The van der Waals surface area contributed by atoms with Gasteiger partial charge in [-0.3, -0.25) is 0 Å². The highest BCUT2D eigenvalue weighted by atomic mass is 16.7. The lowest BCUT2D eigenvalue weighted by atomic mass is 10.4. The van der Waals surface area contributed by atoms with Crippen molar-refractivity contribution in [2.75, 3.05) is 20.5 Å². The van der Waals surface area contributed by atoms with Crippen LogP contribution in [0.4, 0.5) is 0 Å². The normalized spacial score (nSPS) is 10.7. The lowest BCUT2D eigenvalue weighted by Gasteiger charge is -2.09. The summed E-state index contributed by atoms with van der Waals surface area (Å²) >= 11 is 0. The Kier molecular flexibility index (Phi) is 12.8. The van der Waals surface area contributed by atoms with Crippen LogP contribution < -0.4 is 0 Å². The average Bonchev–Trinajstić information content (AvgIpc) is 2.39. The van der Waals surface area contributed by atoms with Crippen molar-refractivity contribution in [3.63, 3.8) is 0 Å². The molecule has 0 rings (SSSR count). The Balaban J connectivity index is 0. The van der Waals surface area contributed by atoms with E-state index in [0.29, 0.717) is 17.8 Å². The van der Waals surface area contributed by atoms with E-state index < -0.39 is 18.2 Å². The fourth-order valence-electron chi connectivity index (χ4n) is 0.601. The van der Waals surface area contributed by atoms with Gasteiger partial charge in [0.2, 0.25) is 0 Å². The minimum absolute atomic E-state index is 0.0161. The molecule has 0 spiro atoms. The maximum Gasteiger partial charge on any atom is 0.335 e. The van der Waals surface area contributed by atoms with Crippen LogP contribution in [0.3, 0.4) is 0 Å². The molecule has 0 aromatic carbocycles. The second-order valence-corrected chi connectivity index (χ2v) is 3.81. The minimum Gasteiger partial charge on any atom is -0.435 e. The Morgan fingerprint density at radius 2 is 1.60 bits per heavy atom. The fraction of sp³-hybridized carbons (Fsp3) is 0.571. The summed E-state index contributed by atoms with van der Waals surface area (Å²) in [6.07, 6.45) is -0.496. The third-order valence-electron chi connectivity index (χ3n) is 1.78. The molecule has 6 nitrogen and oxygen atoms in total. The largest absolute Gasteiger partial charge is 0.435 e. The molecule has 1 unspecified atom stereocenters. The fourth-order valence-corrected chi connectivity index (χ4v) is 0.601. The summed E-state index contributed by atoms with van der Waals surface area (Å²) in [5, 5.41) is 0. The van der Waals surface area contributed by atoms with Gasteiger partial charge in [0.15, 0.2) is 13.1 Å². The number of methoxy groups -OCH3 is 1. The molecule has 0 N–H and O–H groups in total. The molecule has 0 heterocycles. The molecule has 0 aliphatic heterocycles. The summed E-state index contributed by atoms with van der Waals surface area (Å²) in [7, 11) is 1.47. The second kappa shape index (κ2) is 12.4. The highest BCUT2D eigenvalue weighted by molar-refractivity contribution is 5.87. The highest BCUT2D eigenvalue weighted by Gasteiger charge is 2.07. The summed E-state index contributed by atoms with van der Waals surface area (Å²) in [4.78, 5) is 21.3. The van der Waals surface area contributed by atoms with E-state index in [0.717, 1.165) is 0 Å². The van der Waals surface area contributed by atoms with Crippen molar-refractivity contribution in [1.29, 1.82) is 0 Å². The molecule has 0 bridgehead atoms. The molecule has 0 aliphatic carbocycles. The van der Waals surface area contributed by atoms with Crippen molar-refractivity contribution in [1.82, 2.24) is 0 Å². The minimum atomic E-state index is -0.496. The standard InChI is InChI=1S/2C7H12O3/c1-5(2)7(8)10-6(3)9-4;1-4-9-5-10-7(8)6(2)3/h6H,1H2,2-4H3;2,4-5H2,1,3H3. The average molecular weight is 288 g/mol. The Morgan fingerprint density at radius 3 is 1.95 bits per heavy atom. The predicted octanol–water partition coefficient (Wildman–Crippen LogP) is 2.20. The van der Waals surface area contributed by atoms with Crippen molar-refractivity contribution in [2.45, 2.75) is 34.0 Å². The topological polar surface area (TPSA) is 71.1 Å². The van der Waals surface area contributed by atoms with Gasteiger partial charge in [0.25, 0.3) is 0 Å². The Labute approximate surface area is 120 Å². The quantitative estimate of drug-likeness (QED) is 0.309. The van der Waals surface area contributed by atoms with Crippen LogP contribution in [-0.4, -0.2) is 38.7 Å². The predicted molar refractivity (Wildman–Crippen MR) is 74.8 cm³/mol. The van der Waals surface area contributed by atoms with Crippen molar-refractivity contribution in [3.05, 3.63) is 24.3 Å². The SMILES string of the molecule is C=C(C)C(=O)OC(C)OC.C=C(C)C(=O)OCOCC. The zero-order valence-corrected chi connectivity index (χ0v) is 12.9. The lowest BCUT2D eigenvalue weighted by Crippen LogP contribution is -2.16. The van der Waals surface area contributed by atoms with Gasteiger partial charge in [-0.25, -0.2) is 9.59 Å². The smallest absolute Gasteiger partial charge is 0.335 e. The van der Waals surface area contributed by atoms with E-state index in [-0.39, 0.29) is 6.79 Å². The van der Waals surface area contributed by atoms with E-state index in [1.165, 1.54) is 7.11 Å². The van der Waals surface area contributed by atoms with E-state index in [9.17, 15) is 9.59 Å². The number of ether oxygens (including phenoxy) is 4. The van der Waals surface area contributed by atoms with Crippen molar-refractivity contribution in [2.24, 2.45) is 0 Å². The molecular formula is C14H24O6. The van der Waals surface area contributed by atoms with Crippen LogP contribution in [-0.2, 0) is 28.5 Å². The molecule has 116 valence electrons. The van der Waals surface area contributed by atoms with Gasteiger partial charge < -0.3 is 18.9 Å². The van der Waals surface area contributed by atoms with Crippen molar-refractivity contribution >= 4 is 11.9 Å². The van der Waals surface area contributed by atoms with Crippen LogP contribution in [0.1, 0.15) is 27.7 Å². The first-order valence-electron chi connectivity index (χ1n) is 6.05. The Hall–Kier alpha value is -1.66. The molecule has 0 saturated carbocycles. The maximum absolute atomic E-state index is 10.7. The van der Waals surface area contributed by atoms with E-state index >= 15 is 0 Å². The van der Waals surface area contributed by atoms with Crippen LogP contribution >= 0.6 is 0 Å². The van der Waals surface area contributed by atoms with Crippen molar-refractivity contribution < 1.29 is 28.5 Å². The zero-order valence-electron chi connectivity index (χ0n) is 12.9. The Morgan fingerprint density at radius 1 is 1.10 bits per heavy atom. The number of hydrogen-bond donors (Lipinski definition) is 0. The summed E-state index contributed by atoms with van der Waals surface area (Å²) in [5.74, 6) is -0.831. The van der Waals surface area contributed by atoms with Crippen LogP contribution in [0.5, 0.6) is 0 Å². The summed E-state index contributed by atoms with van der Waals surface area (Å²) in [6.45, 7) is 14.0. The summed E-state index contributed by atoms with van der Waals surface area (Å²) < 4.78 is 18.7. The van der Waals surface area contributed by atoms with E-state index in [4.69, 9.17) is 9.47 Å². The molecule has 0 fully saturated rings. The van der Waals surface area contributed by atoms with Gasteiger partial charge in [-0.2, -0.15) is 0 Å². The monoisotopic (exact) mass is 288 g/mol. The molecular weight excluding hydrogens is 264 g/mol. The summed E-state index contributed by atoms with van der Waals surface area (Å²) in [5.41, 5.74) is 0.767. The van der Waals surface area contributed by atoms with Crippen LogP contribution in [0.15, 0.2) is 24.3 Å². The van der Waals surface area contributed by atoms with Gasteiger partial charge in [0, 0.05) is 24.9 Å². The number of carbonyl (C=O) groups excluding carboxylic acids is 2. The van der Waals surface area contributed by atoms with Gasteiger partial charge in [0.05, 0.1) is 0 Å². The van der Waals surface area contributed by atoms with Gasteiger partial charge in [0.1, 0.15) is 0 Å². The number of rotatable bonds is 7. The molecule has 20 heavy (non-hydrogen) atoms. The third-order valence-corrected chi connectivity index (χ3v) is 1.78. The van der Waals surface area contributed by atoms with E-state index in [1.807, 2.05) is 6.92 Å². The number of carbonyl (C=O) groups is 2. The van der Waals surface area contributed by atoms with Gasteiger partial charge in [-0.05, 0) is 27.7 Å². The molecule has 1 atom stereocenters. The lowest BCUT2D eigenvalue weighted by molar-refractivity contribution is -0.164. The number of hydrogen-bond acceptors (Lipinski definition) is 6. The highest BCUT2D eigenvalue weighted by Crippen LogP contribution is 1.97. The molecule has 0 aromatic rings. The molecule has 6 heteroatoms. The first-order valence-corrected chi connectivity index (χ1v) is 6.05. The van der Waals surface area contributed by atoms with Crippen LogP contribution in [0, 0.1) is 0 Å². The van der Waals surface area contributed by atoms with E-state index in [1.54, 1.807) is 20.8 Å². The molecule has 0 aliphatic rings. The van der Waals surface area contributed by atoms with Gasteiger partial charge in [-0.1, -0.05) is 13.2 Å². The summed E-state index contributed by atoms with van der Waals surface area (Å²) in [6, 6.07) is 0. The maximum atomic E-state index is 10.7. The van der Waals surface area contributed by atoms with Gasteiger partial charge >= 0.3 is 11.9 Å². The molecule has 0 aromatic heterocycles. The zero-order chi connectivity index (χ0) is 16.1.